The Morgan fingerprint density at radius 2 is 1.75 bits per heavy atom. The van der Waals surface area contributed by atoms with Crippen LogP contribution in [0.2, 0.25) is 0 Å². The zero-order chi connectivity index (χ0) is 19.9. The van der Waals surface area contributed by atoms with E-state index in [1.807, 2.05) is 12.1 Å². The molecule has 1 aliphatic heterocycles. The minimum atomic E-state index is -3.52. The summed E-state index contributed by atoms with van der Waals surface area (Å²) in [6, 6.07) is 7.00. The second-order valence-corrected chi connectivity index (χ2v) is 9.75. The number of rotatable bonds is 3. The van der Waals surface area contributed by atoms with Crippen molar-refractivity contribution in [1.29, 1.82) is 0 Å². The standard InChI is InChI=1S/C18H23N7O2S/c1-18(2,3)17-21-20-15-6-7-16(22-25(15)17)23-9-11-24(12-10-23)28(26,27)14-5-4-8-19-13-14/h4-8,13H,9-12H2,1-3H3. The minimum Gasteiger partial charge on any atom is -0.353 e. The average Bonchev–Trinajstić information content (AvgIpc) is 3.12. The lowest BCUT2D eigenvalue weighted by atomic mass is 9.96. The summed E-state index contributed by atoms with van der Waals surface area (Å²) in [5.74, 6) is 1.58. The van der Waals surface area contributed by atoms with Gasteiger partial charge in [-0.05, 0) is 24.3 Å². The van der Waals surface area contributed by atoms with Gasteiger partial charge < -0.3 is 4.90 Å². The Bertz CT molecular complexity index is 1080. The number of piperazine rings is 1. The molecule has 0 bridgehead atoms. The van der Waals surface area contributed by atoms with Crippen LogP contribution in [-0.4, -0.2) is 63.7 Å². The fraction of sp³-hybridized carbons (Fsp3) is 0.444. The highest BCUT2D eigenvalue weighted by Gasteiger charge is 2.29. The predicted octanol–water partition coefficient (Wildman–Crippen LogP) is 1.33. The Morgan fingerprint density at radius 1 is 1.00 bits per heavy atom. The van der Waals surface area contributed by atoms with Crippen LogP contribution in [0.3, 0.4) is 0 Å². The van der Waals surface area contributed by atoms with Gasteiger partial charge in [-0.3, -0.25) is 4.98 Å². The fourth-order valence-electron chi connectivity index (χ4n) is 3.22. The summed E-state index contributed by atoms with van der Waals surface area (Å²) >= 11 is 0. The molecule has 0 amide bonds. The lowest BCUT2D eigenvalue weighted by Gasteiger charge is -2.34. The molecule has 1 saturated heterocycles. The van der Waals surface area contributed by atoms with Crippen LogP contribution in [0.5, 0.6) is 0 Å². The molecule has 0 spiro atoms. The molecule has 0 aromatic carbocycles. The lowest BCUT2D eigenvalue weighted by Crippen LogP contribution is -2.49. The van der Waals surface area contributed by atoms with E-state index in [-0.39, 0.29) is 10.3 Å². The molecule has 4 heterocycles. The number of pyridine rings is 1. The van der Waals surface area contributed by atoms with Crippen LogP contribution in [-0.2, 0) is 15.4 Å². The Labute approximate surface area is 164 Å². The summed E-state index contributed by atoms with van der Waals surface area (Å²) in [4.78, 5) is 6.23. The van der Waals surface area contributed by atoms with Crippen LogP contribution < -0.4 is 4.90 Å². The van der Waals surface area contributed by atoms with Gasteiger partial charge in [0.1, 0.15) is 10.7 Å². The first kappa shape index (κ1) is 18.8. The molecule has 1 aliphatic rings. The highest BCUT2D eigenvalue weighted by molar-refractivity contribution is 7.89. The summed E-state index contributed by atoms with van der Waals surface area (Å²) in [6.07, 6.45) is 2.95. The van der Waals surface area contributed by atoms with Gasteiger partial charge in [0.05, 0.1) is 0 Å². The minimum absolute atomic E-state index is 0.179. The van der Waals surface area contributed by atoms with Gasteiger partial charge in [0.25, 0.3) is 0 Å². The highest BCUT2D eigenvalue weighted by Crippen LogP contribution is 2.23. The molecule has 148 valence electrons. The first-order valence-electron chi connectivity index (χ1n) is 9.15. The third-order valence-corrected chi connectivity index (χ3v) is 6.64. The first-order chi connectivity index (χ1) is 13.3. The monoisotopic (exact) mass is 401 g/mol. The second kappa shape index (κ2) is 6.78. The molecule has 0 radical (unpaired) electrons. The van der Waals surface area contributed by atoms with Gasteiger partial charge in [0.2, 0.25) is 10.0 Å². The third-order valence-electron chi connectivity index (χ3n) is 4.75. The van der Waals surface area contributed by atoms with E-state index in [2.05, 4.69) is 40.9 Å². The van der Waals surface area contributed by atoms with Crippen LogP contribution >= 0.6 is 0 Å². The van der Waals surface area contributed by atoms with Crippen molar-refractivity contribution in [2.24, 2.45) is 0 Å². The van der Waals surface area contributed by atoms with Crippen molar-refractivity contribution in [3.8, 4) is 0 Å². The van der Waals surface area contributed by atoms with E-state index in [4.69, 9.17) is 5.10 Å². The van der Waals surface area contributed by atoms with Crippen molar-refractivity contribution < 1.29 is 8.42 Å². The molecule has 3 aromatic rings. The quantitative estimate of drug-likeness (QED) is 0.653. The number of sulfonamides is 1. The largest absolute Gasteiger partial charge is 0.353 e. The van der Waals surface area contributed by atoms with E-state index in [1.165, 1.54) is 10.5 Å². The van der Waals surface area contributed by atoms with Crippen LogP contribution in [0.4, 0.5) is 5.82 Å². The van der Waals surface area contributed by atoms with E-state index < -0.39 is 10.0 Å². The zero-order valence-electron chi connectivity index (χ0n) is 16.1. The van der Waals surface area contributed by atoms with Gasteiger partial charge >= 0.3 is 0 Å². The third kappa shape index (κ3) is 3.33. The van der Waals surface area contributed by atoms with Gasteiger partial charge in [0.15, 0.2) is 11.5 Å². The number of fused-ring (bicyclic) bond motifs is 1. The molecule has 4 rings (SSSR count). The molecular weight excluding hydrogens is 378 g/mol. The van der Waals surface area contributed by atoms with Crippen molar-refractivity contribution in [2.45, 2.75) is 31.1 Å². The summed E-state index contributed by atoms with van der Waals surface area (Å²) in [7, 11) is -3.52. The van der Waals surface area contributed by atoms with Gasteiger partial charge in [-0.25, -0.2) is 8.42 Å². The van der Waals surface area contributed by atoms with Crippen LogP contribution in [0.25, 0.3) is 5.65 Å². The maximum Gasteiger partial charge on any atom is 0.244 e. The fourth-order valence-corrected chi connectivity index (χ4v) is 4.61. The van der Waals surface area contributed by atoms with Gasteiger partial charge in [-0.1, -0.05) is 20.8 Å². The predicted molar refractivity (Wildman–Crippen MR) is 105 cm³/mol. The number of aromatic nitrogens is 5. The molecule has 0 saturated carbocycles. The molecule has 0 unspecified atom stereocenters. The van der Waals surface area contributed by atoms with Gasteiger partial charge in [-0.15, -0.1) is 15.3 Å². The average molecular weight is 401 g/mol. The van der Waals surface area contributed by atoms with Crippen molar-refractivity contribution in [1.82, 2.24) is 29.1 Å². The first-order valence-corrected chi connectivity index (χ1v) is 10.6. The van der Waals surface area contributed by atoms with E-state index >= 15 is 0 Å². The zero-order valence-corrected chi connectivity index (χ0v) is 17.0. The molecule has 3 aromatic heterocycles. The molecule has 1 fully saturated rings. The summed E-state index contributed by atoms with van der Waals surface area (Å²) < 4.78 is 28.8. The van der Waals surface area contributed by atoms with Crippen LogP contribution in [0, 0.1) is 0 Å². The highest BCUT2D eigenvalue weighted by atomic mass is 32.2. The second-order valence-electron chi connectivity index (χ2n) is 7.82. The number of hydrogen-bond acceptors (Lipinski definition) is 7. The maximum absolute atomic E-state index is 12.8. The van der Waals surface area contributed by atoms with E-state index in [0.717, 1.165) is 11.6 Å². The van der Waals surface area contributed by atoms with E-state index in [1.54, 1.807) is 22.8 Å². The molecule has 0 N–H and O–H groups in total. The Kier molecular flexibility index (Phi) is 4.54. The smallest absolute Gasteiger partial charge is 0.244 e. The number of hydrogen-bond donors (Lipinski definition) is 0. The molecule has 9 nitrogen and oxygen atoms in total. The Balaban J connectivity index is 1.54. The normalized spacial score (nSPS) is 16.6. The number of anilines is 1. The summed E-state index contributed by atoms with van der Waals surface area (Å²) in [5, 5.41) is 13.2. The van der Waals surface area contributed by atoms with Crippen molar-refractivity contribution in [2.75, 3.05) is 31.1 Å². The topological polar surface area (TPSA) is 96.6 Å². The van der Waals surface area contributed by atoms with Gasteiger partial charge in [-0.2, -0.15) is 8.82 Å². The van der Waals surface area contributed by atoms with Gasteiger partial charge in [0, 0.05) is 44.0 Å². The molecular formula is C18H23N7O2S. The van der Waals surface area contributed by atoms with Crippen molar-refractivity contribution in [3.05, 3.63) is 42.5 Å². The maximum atomic E-state index is 12.8. The number of nitrogens with zero attached hydrogens (tertiary/aromatic N) is 7. The molecule has 10 heteroatoms. The van der Waals surface area contributed by atoms with Crippen LogP contribution in [0.15, 0.2) is 41.6 Å². The summed E-state index contributed by atoms with van der Waals surface area (Å²) in [6.45, 7) is 8.12. The SMILES string of the molecule is CC(C)(C)c1nnc2ccc(N3CCN(S(=O)(=O)c4cccnc4)CC3)nn12. The summed E-state index contributed by atoms with van der Waals surface area (Å²) in [5.41, 5.74) is 0.521. The Morgan fingerprint density at radius 3 is 2.39 bits per heavy atom. The lowest BCUT2D eigenvalue weighted by molar-refractivity contribution is 0.383. The van der Waals surface area contributed by atoms with Crippen molar-refractivity contribution in [3.63, 3.8) is 0 Å². The van der Waals surface area contributed by atoms with Crippen LogP contribution in [0.1, 0.15) is 26.6 Å². The Hall–Kier alpha value is -2.59. The van der Waals surface area contributed by atoms with E-state index in [0.29, 0.717) is 31.8 Å². The molecule has 0 aliphatic carbocycles. The van der Waals surface area contributed by atoms with Crippen molar-refractivity contribution >= 4 is 21.5 Å². The van der Waals surface area contributed by atoms with E-state index in [9.17, 15) is 8.42 Å². The molecule has 28 heavy (non-hydrogen) atoms. The molecule has 0 atom stereocenters.